The molecule has 0 saturated carbocycles. The molecule has 0 bridgehead atoms. The summed E-state index contributed by atoms with van der Waals surface area (Å²) in [6, 6.07) is 1.97. The summed E-state index contributed by atoms with van der Waals surface area (Å²) in [5.74, 6) is 0. The second kappa shape index (κ2) is 2.95. The summed E-state index contributed by atoms with van der Waals surface area (Å²) >= 11 is 4.35. The molecule has 0 atom stereocenters. The van der Waals surface area contributed by atoms with Crippen molar-refractivity contribution in [3.63, 3.8) is 0 Å². The van der Waals surface area contributed by atoms with Crippen LogP contribution in [0, 0.1) is 0 Å². The Balaban J connectivity index is 2.71. The van der Waals surface area contributed by atoms with E-state index in [1.54, 1.807) is 10.8 Å². The molecule has 0 N–H and O–H groups in total. The third-order valence-corrected chi connectivity index (χ3v) is 2.41. The first kappa shape index (κ1) is 9.45. The van der Waals surface area contributed by atoms with Crippen LogP contribution < -0.4 is 0 Å². The lowest BCUT2D eigenvalue weighted by atomic mass is 9.88. The standard InChI is InChI=1S/C9H12N4S/c1-9(2,3)6-4-7-11-10-5-13(7)12-8(6)14/h4-5H,1-3H3,(H,12,14). The molecule has 2 aromatic heterocycles. The molecule has 0 aliphatic heterocycles. The molecule has 0 fully saturated rings. The van der Waals surface area contributed by atoms with Crippen LogP contribution in [0.2, 0.25) is 0 Å². The molecule has 4 nitrogen and oxygen atoms in total. The van der Waals surface area contributed by atoms with E-state index in [4.69, 9.17) is 0 Å². The van der Waals surface area contributed by atoms with Gasteiger partial charge in [-0.1, -0.05) is 20.8 Å². The second-order valence-electron chi connectivity index (χ2n) is 4.27. The van der Waals surface area contributed by atoms with Crippen molar-refractivity contribution in [1.29, 1.82) is 0 Å². The quantitative estimate of drug-likeness (QED) is 0.670. The molecule has 2 heterocycles. The first-order valence-corrected chi connectivity index (χ1v) is 4.84. The monoisotopic (exact) mass is 208 g/mol. The molecule has 0 radical (unpaired) electrons. The Morgan fingerprint density at radius 1 is 1.36 bits per heavy atom. The summed E-state index contributed by atoms with van der Waals surface area (Å²) < 4.78 is 1.62. The molecule has 2 rings (SSSR count). The summed E-state index contributed by atoms with van der Waals surface area (Å²) in [5.41, 5.74) is 1.87. The molecule has 2 aromatic rings. The van der Waals surface area contributed by atoms with Crippen molar-refractivity contribution >= 4 is 18.3 Å². The Labute approximate surface area is 87.8 Å². The summed E-state index contributed by atoms with van der Waals surface area (Å²) in [4.78, 5) is 0. The van der Waals surface area contributed by atoms with Crippen molar-refractivity contribution in [2.24, 2.45) is 0 Å². The van der Waals surface area contributed by atoms with Gasteiger partial charge in [0.05, 0.1) is 0 Å². The van der Waals surface area contributed by atoms with Gasteiger partial charge in [-0.25, -0.2) is 0 Å². The molecule has 0 aliphatic rings. The van der Waals surface area contributed by atoms with E-state index >= 15 is 0 Å². The van der Waals surface area contributed by atoms with Crippen LogP contribution in [0.5, 0.6) is 0 Å². The number of hydrogen-bond donors (Lipinski definition) is 1. The maximum Gasteiger partial charge on any atom is 0.177 e. The van der Waals surface area contributed by atoms with E-state index < -0.39 is 0 Å². The number of aromatic nitrogens is 4. The summed E-state index contributed by atoms with van der Waals surface area (Å²) in [5, 5.41) is 12.7. The van der Waals surface area contributed by atoms with Crippen molar-refractivity contribution in [3.05, 3.63) is 18.0 Å². The van der Waals surface area contributed by atoms with Crippen molar-refractivity contribution in [2.75, 3.05) is 0 Å². The second-order valence-corrected chi connectivity index (χ2v) is 4.69. The molecular weight excluding hydrogens is 196 g/mol. The number of rotatable bonds is 0. The van der Waals surface area contributed by atoms with E-state index in [9.17, 15) is 0 Å². The van der Waals surface area contributed by atoms with Gasteiger partial charge >= 0.3 is 0 Å². The zero-order chi connectivity index (χ0) is 10.3. The van der Waals surface area contributed by atoms with E-state index in [2.05, 4.69) is 48.7 Å². The van der Waals surface area contributed by atoms with Crippen LogP contribution in [0.25, 0.3) is 5.65 Å². The fraction of sp³-hybridized carbons (Fsp3) is 0.444. The number of thiol groups is 1. The first-order chi connectivity index (χ1) is 6.48. The van der Waals surface area contributed by atoms with Gasteiger partial charge in [0.2, 0.25) is 0 Å². The van der Waals surface area contributed by atoms with Crippen LogP contribution >= 0.6 is 12.6 Å². The van der Waals surface area contributed by atoms with Crippen molar-refractivity contribution in [2.45, 2.75) is 31.2 Å². The normalized spacial score (nSPS) is 12.3. The summed E-state index contributed by atoms with van der Waals surface area (Å²) in [7, 11) is 0. The highest BCUT2D eigenvalue weighted by molar-refractivity contribution is 7.80. The minimum absolute atomic E-state index is 0.0256. The topological polar surface area (TPSA) is 43.1 Å². The number of hydrogen-bond acceptors (Lipinski definition) is 4. The van der Waals surface area contributed by atoms with Gasteiger partial charge in [-0.2, -0.15) is 9.61 Å². The molecule has 0 aromatic carbocycles. The van der Waals surface area contributed by atoms with E-state index in [0.29, 0.717) is 0 Å². The van der Waals surface area contributed by atoms with Crippen LogP contribution in [0.4, 0.5) is 0 Å². The van der Waals surface area contributed by atoms with Gasteiger partial charge in [-0.15, -0.1) is 22.8 Å². The Hall–Kier alpha value is -1.10. The highest BCUT2D eigenvalue weighted by atomic mass is 32.1. The Morgan fingerprint density at radius 2 is 2.07 bits per heavy atom. The smallest absolute Gasteiger partial charge is 0.177 e. The van der Waals surface area contributed by atoms with Crippen LogP contribution in [0.1, 0.15) is 26.3 Å². The van der Waals surface area contributed by atoms with Crippen molar-refractivity contribution in [1.82, 2.24) is 19.8 Å². The predicted octanol–water partition coefficient (Wildman–Crippen LogP) is 1.71. The maximum atomic E-state index is 4.35. The fourth-order valence-electron chi connectivity index (χ4n) is 1.31. The molecule has 0 saturated heterocycles. The summed E-state index contributed by atoms with van der Waals surface area (Å²) in [6.45, 7) is 6.36. The highest BCUT2D eigenvalue weighted by Gasteiger charge is 2.18. The first-order valence-electron chi connectivity index (χ1n) is 4.39. The lowest BCUT2D eigenvalue weighted by Crippen LogP contribution is -2.14. The van der Waals surface area contributed by atoms with E-state index in [0.717, 1.165) is 16.2 Å². The fourth-order valence-corrected chi connectivity index (χ4v) is 1.81. The largest absolute Gasteiger partial charge is 0.199 e. The lowest BCUT2D eigenvalue weighted by Gasteiger charge is -2.19. The zero-order valence-electron chi connectivity index (χ0n) is 8.39. The average Bonchev–Trinajstić information content (AvgIpc) is 2.47. The number of nitrogens with zero attached hydrogens (tertiary/aromatic N) is 4. The molecule has 0 aliphatic carbocycles. The third kappa shape index (κ3) is 1.48. The van der Waals surface area contributed by atoms with Gasteiger partial charge < -0.3 is 0 Å². The number of fused-ring (bicyclic) bond motifs is 1. The molecule has 0 spiro atoms. The van der Waals surface area contributed by atoms with E-state index in [1.807, 2.05) is 6.07 Å². The summed E-state index contributed by atoms with van der Waals surface area (Å²) in [6.07, 6.45) is 1.57. The van der Waals surface area contributed by atoms with Crippen LogP contribution in [0.15, 0.2) is 17.4 Å². The van der Waals surface area contributed by atoms with Gasteiger partial charge in [0.25, 0.3) is 0 Å². The minimum Gasteiger partial charge on any atom is -0.199 e. The van der Waals surface area contributed by atoms with Crippen LogP contribution in [-0.4, -0.2) is 19.8 Å². The van der Waals surface area contributed by atoms with Crippen molar-refractivity contribution < 1.29 is 0 Å². The molecule has 74 valence electrons. The Bertz CT molecular complexity index is 469. The van der Waals surface area contributed by atoms with E-state index in [-0.39, 0.29) is 5.41 Å². The predicted molar refractivity (Wildman–Crippen MR) is 56.7 cm³/mol. The maximum absolute atomic E-state index is 4.35. The van der Waals surface area contributed by atoms with Crippen LogP contribution in [0.3, 0.4) is 0 Å². The van der Waals surface area contributed by atoms with Gasteiger partial charge in [-0.3, -0.25) is 0 Å². The molecule has 0 amide bonds. The molecule has 0 unspecified atom stereocenters. The van der Waals surface area contributed by atoms with Gasteiger partial charge in [-0.05, 0) is 17.0 Å². The van der Waals surface area contributed by atoms with Crippen LogP contribution in [-0.2, 0) is 5.41 Å². The Morgan fingerprint density at radius 3 is 2.71 bits per heavy atom. The SMILES string of the molecule is CC(C)(C)c1cc2nncn2nc1S. The molecular formula is C9H12N4S. The minimum atomic E-state index is 0.0256. The average molecular weight is 208 g/mol. The Kier molecular flexibility index (Phi) is 1.99. The van der Waals surface area contributed by atoms with Gasteiger partial charge in [0.15, 0.2) is 5.65 Å². The highest BCUT2D eigenvalue weighted by Crippen LogP contribution is 2.27. The van der Waals surface area contributed by atoms with Gasteiger partial charge in [0, 0.05) is 0 Å². The molecule has 5 heteroatoms. The van der Waals surface area contributed by atoms with E-state index in [1.165, 1.54) is 0 Å². The third-order valence-electron chi connectivity index (χ3n) is 2.08. The zero-order valence-corrected chi connectivity index (χ0v) is 9.29. The van der Waals surface area contributed by atoms with Gasteiger partial charge in [0.1, 0.15) is 11.4 Å². The molecule has 14 heavy (non-hydrogen) atoms. The lowest BCUT2D eigenvalue weighted by molar-refractivity contribution is 0.565. The van der Waals surface area contributed by atoms with Crippen molar-refractivity contribution in [3.8, 4) is 0 Å².